The van der Waals surface area contributed by atoms with Crippen LogP contribution in [0.1, 0.15) is 33.2 Å². The number of hydrogen-bond acceptors (Lipinski definition) is 4. The predicted octanol–water partition coefficient (Wildman–Crippen LogP) is 4.95. The molecular formula is C14H16ClNS3. The van der Waals surface area contributed by atoms with Gasteiger partial charge < -0.3 is 5.32 Å². The normalized spacial score (nSPS) is 16.3. The van der Waals surface area contributed by atoms with E-state index in [2.05, 4.69) is 23.7 Å². The number of hydrogen-bond donors (Lipinski definition) is 1. The summed E-state index contributed by atoms with van der Waals surface area (Å²) in [5, 5.41) is 6.54. The highest BCUT2D eigenvalue weighted by Crippen LogP contribution is 2.39. The Morgan fingerprint density at radius 1 is 1.47 bits per heavy atom. The van der Waals surface area contributed by atoms with Crippen LogP contribution >= 0.6 is 46.0 Å². The molecule has 1 unspecified atom stereocenters. The Bertz CT molecular complexity index is 537. The van der Waals surface area contributed by atoms with E-state index in [1.807, 2.05) is 29.2 Å². The number of thiophene rings is 2. The van der Waals surface area contributed by atoms with Gasteiger partial charge >= 0.3 is 0 Å². The van der Waals surface area contributed by atoms with Crippen LogP contribution in [0.25, 0.3) is 0 Å². The van der Waals surface area contributed by atoms with E-state index in [1.165, 1.54) is 33.2 Å². The van der Waals surface area contributed by atoms with Crippen LogP contribution in [0.2, 0.25) is 5.02 Å². The van der Waals surface area contributed by atoms with Gasteiger partial charge in [-0.1, -0.05) is 18.5 Å². The van der Waals surface area contributed by atoms with Crippen molar-refractivity contribution in [2.24, 2.45) is 0 Å². The molecule has 1 nitrogen and oxygen atoms in total. The molecule has 0 saturated heterocycles. The molecule has 0 amide bonds. The SMILES string of the molecule is CCNC(c1cc2c(s1)CCSC2)c1sccc1Cl. The Morgan fingerprint density at radius 2 is 2.37 bits per heavy atom. The highest BCUT2D eigenvalue weighted by molar-refractivity contribution is 7.98. The zero-order valence-corrected chi connectivity index (χ0v) is 13.9. The highest BCUT2D eigenvalue weighted by atomic mass is 35.5. The van der Waals surface area contributed by atoms with Gasteiger partial charge in [0.15, 0.2) is 0 Å². The van der Waals surface area contributed by atoms with Crippen molar-refractivity contribution in [3.8, 4) is 0 Å². The Balaban J connectivity index is 1.96. The van der Waals surface area contributed by atoms with Crippen molar-refractivity contribution in [3.05, 3.63) is 42.7 Å². The number of thioether (sulfide) groups is 1. The summed E-state index contributed by atoms with van der Waals surface area (Å²) in [7, 11) is 0. The lowest BCUT2D eigenvalue weighted by Gasteiger charge is -2.15. The third kappa shape index (κ3) is 2.88. The first-order valence-corrected chi connectivity index (χ1v) is 9.68. The van der Waals surface area contributed by atoms with Crippen molar-refractivity contribution in [2.75, 3.05) is 12.3 Å². The molecule has 5 heteroatoms. The summed E-state index contributed by atoms with van der Waals surface area (Å²) in [5.74, 6) is 2.43. The lowest BCUT2D eigenvalue weighted by atomic mass is 10.1. The average Bonchev–Trinajstić information content (AvgIpc) is 3.02. The molecular weight excluding hydrogens is 314 g/mol. The molecule has 2 aromatic rings. The van der Waals surface area contributed by atoms with Crippen LogP contribution in [0.3, 0.4) is 0 Å². The Morgan fingerprint density at radius 3 is 3.05 bits per heavy atom. The predicted molar refractivity (Wildman–Crippen MR) is 89.0 cm³/mol. The lowest BCUT2D eigenvalue weighted by molar-refractivity contribution is 0.649. The lowest BCUT2D eigenvalue weighted by Crippen LogP contribution is -2.20. The second kappa shape index (κ2) is 6.19. The van der Waals surface area contributed by atoms with Crippen LogP contribution in [0, 0.1) is 0 Å². The van der Waals surface area contributed by atoms with Crippen molar-refractivity contribution in [1.82, 2.24) is 5.32 Å². The molecule has 0 radical (unpaired) electrons. The van der Waals surface area contributed by atoms with Gasteiger partial charge in [-0.25, -0.2) is 0 Å². The fourth-order valence-electron chi connectivity index (χ4n) is 2.35. The molecule has 1 atom stereocenters. The monoisotopic (exact) mass is 329 g/mol. The summed E-state index contributed by atoms with van der Waals surface area (Å²) < 4.78 is 0. The molecule has 102 valence electrons. The first kappa shape index (κ1) is 14.0. The first-order chi connectivity index (χ1) is 9.29. The highest BCUT2D eigenvalue weighted by Gasteiger charge is 2.22. The van der Waals surface area contributed by atoms with E-state index in [-0.39, 0.29) is 6.04 Å². The number of rotatable bonds is 4. The number of halogens is 1. The number of nitrogens with one attached hydrogen (secondary N) is 1. The average molecular weight is 330 g/mol. The van der Waals surface area contributed by atoms with Gasteiger partial charge in [0, 0.05) is 20.4 Å². The standard InChI is InChI=1S/C14H16ClNS3/c1-2-16-13(14-10(15)3-6-18-14)12-7-9-8-17-5-4-11(9)19-12/h3,6-7,13,16H,2,4-5,8H2,1H3. The van der Waals surface area contributed by atoms with Crippen molar-refractivity contribution < 1.29 is 0 Å². The minimum Gasteiger partial charge on any atom is -0.305 e. The molecule has 3 rings (SSSR count). The molecule has 0 spiro atoms. The third-order valence-corrected chi connectivity index (χ3v) is 6.98. The summed E-state index contributed by atoms with van der Waals surface area (Å²) in [6.07, 6.45) is 1.22. The van der Waals surface area contributed by atoms with Crippen LogP contribution in [0.15, 0.2) is 17.5 Å². The van der Waals surface area contributed by atoms with Crippen molar-refractivity contribution in [3.63, 3.8) is 0 Å². The molecule has 1 N–H and O–H groups in total. The molecule has 0 aromatic carbocycles. The van der Waals surface area contributed by atoms with Gasteiger partial charge in [-0.05, 0) is 41.8 Å². The van der Waals surface area contributed by atoms with Crippen LogP contribution in [0.4, 0.5) is 0 Å². The molecule has 0 aliphatic carbocycles. The second-order valence-corrected chi connectivity index (χ2v) is 8.15. The summed E-state index contributed by atoms with van der Waals surface area (Å²) >= 11 is 12.1. The van der Waals surface area contributed by atoms with E-state index in [4.69, 9.17) is 11.6 Å². The van der Waals surface area contributed by atoms with Crippen LogP contribution in [0.5, 0.6) is 0 Å². The van der Waals surface area contributed by atoms with E-state index >= 15 is 0 Å². The maximum atomic E-state index is 6.32. The van der Waals surface area contributed by atoms with E-state index in [9.17, 15) is 0 Å². The van der Waals surface area contributed by atoms with E-state index in [0.717, 1.165) is 11.6 Å². The Labute approximate surface area is 131 Å². The van der Waals surface area contributed by atoms with E-state index in [0.29, 0.717) is 0 Å². The van der Waals surface area contributed by atoms with Gasteiger partial charge in [-0.3, -0.25) is 0 Å². The third-order valence-electron chi connectivity index (χ3n) is 3.25. The van der Waals surface area contributed by atoms with Gasteiger partial charge in [0.2, 0.25) is 0 Å². The molecule has 0 bridgehead atoms. The number of fused-ring (bicyclic) bond motifs is 1. The first-order valence-electron chi connectivity index (χ1n) is 6.45. The van der Waals surface area contributed by atoms with Gasteiger partial charge in [0.1, 0.15) is 0 Å². The summed E-state index contributed by atoms with van der Waals surface area (Å²) in [4.78, 5) is 4.23. The topological polar surface area (TPSA) is 12.0 Å². The van der Waals surface area contributed by atoms with Crippen LogP contribution in [-0.2, 0) is 12.2 Å². The summed E-state index contributed by atoms with van der Waals surface area (Å²) in [5.41, 5.74) is 1.53. The van der Waals surface area contributed by atoms with Crippen LogP contribution in [-0.4, -0.2) is 12.3 Å². The van der Waals surface area contributed by atoms with E-state index in [1.54, 1.807) is 16.2 Å². The summed E-state index contributed by atoms with van der Waals surface area (Å²) in [6.45, 7) is 3.11. The largest absolute Gasteiger partial charge is 0.305 e. The fraction of sp³-hybridized carbons (Fsp3) is 0.429. The molecule has 0 fully saturated rings. The van der Waals surface area contributed by atoms with Gasteiger partial charge in [-0.2, -0.15) is 11.8 Å². The molecule has 0 saturated carbocycles. The van der Waals surface area contributed by atoms with Crippen molar-refractivity contribution in [2.45, 2.75) is 25.1 Å². The zero-order chi connectivity index (χ0) is 13.2. The van der Waals surface area contributed by atoms with Gasteiger partial charge in [0.05, 0.1) is 11.1 Å². The molecule has 3 heterocycles. The molecule has 2 aromatic heterocycles. The Hall–Kier alpha value is -0.000000000000000167. The van der Waals surface area contributed by atoms with Gasteiger partial charge in [-0.15, -0.1) is 22.7 Å². The molecule has 1 aliphatic heterocycles. The fourth-order valence-corrected chi connectivity index (χ4v) is 6.15. The van der Waals surface area contributed by atoms with E-state index < -0.39 is 0 Å². The molecule has 1 aliphatic rings. The Kier molecular flexibility index (Phi) is 4.54. The second-order valence-electron chi connectivity index (χ2n) is 4.52. The zero-order valence-electron chi connectivity index (χ0n) is 10.7. The summed E-state index contributed by atoms with van der Waals surface area (Å²) in [6, 6.07) is 4.64. The minimum atomic E-state index is 0.262. The van der Waals surface area contributed by atoms with Gasteiger partial charge in [0.25, 0.3) is 0 Å². The van der Waals surface area contributed by atoms with Crippen LogP contribution < -0.4 is 5.32 Å². The van der Waals surface area contributed by atoms with Crippen molar-refractivity contribution >= 4 is 46.0 Å². The maximum absolute atomic E-state index is 6.32. The smallest absolute Gasteiger partial charge is 0.0780 e. The minimum absolute atomic E-state index is 0.262. The maximum Gasteiger partial charge on any atom is 0.0780 e. The molecule has 19 heavy (non-hydrogen) atoms. The van der Waals surface area contributed by atoms with Crippen molar-refractivity contribution in [1.29, 1.82) is 0 Å². The quantitative estimate of drug-likeness (QED) is 0.851. The number of aryl methyl sites for hydroxylation is 1.